The first-order valence-electron chi connectivity index (χ1n) is 3.40. The van der Waals surface area contributed by atoms with Crippen LogP contribution in [0.5, 0.6) is 0 Å². The molecule has 1 aromatic rings. The largest absolute Gasteiger partial charge is 0.410 e. The monoisotopic (exact) mass is 235 g/mol. The summed E-state index contributed by atoms with van der Waals surface area (Å²) < 4.78 is 0. The normalized spacial score (nSPS) is 11.8. The summed E-state index contributed by atoms with van der Waals surface area (Å²) in [6, 6.07) is 5.08. The summed E-state index contributed by atoms with van der Waals surface area (Å²) in [5, 5.41) is 13.2. The highest BCUT2D eigenvalue weighted by molar-refractivity contribution is 8.13. The third-order valence-electron chi connectivity index (χ3n) is 1.45. The van der Waals surface area contributed by atoms with Crippen LogP contribution in [0.25, 0.3) is 0 Å². The number of benzene rings is 1. The van der Waals surface area contributed by atoms with Crippen molar-refractivity contribution in [2.24, 2.45) is 5.16 Å². The summed E-state index contributed by atoms with van der Waals surface area (Å²) >= 11 is 12.9. The Hall–Kier alpha value is -0.380. The number of thioether (sulfide) groups is 1. The molecule has 0 spiro atoms. The molecule has 0 saturated heterocycles. The Kier molecular flexibility index (Phi) is 3.90. The second kappa shape index (κ2) is 4.74. The van der Waals surface area contributed by atoms with Gasteiger partial charge in [-0.3, -0.25) is 0 Å². The van der Waals surface area contributed by atoms with Crippen LogP contribution in [-0.2, 0) is 0 Å². The number of nitrogens with zero attached hydrogens (tertiary/aromatic N) is 1. The SMILES string of the molecule is CSC(=NO)c1ccc(Cl)c(Cl)c1. The number of hydrogen-bond donors (Lipinski definition) is 1. The highest BCUT2D eigenvalue weighted by Gasteiger charge is 2.05. The quantitative estimate of drug-likeness (QED) is 0.350. The number of halogens is 2. The van der Waals surface area contributed by atoms with Crippen molar-refractivity contribution in [1.29, 1.82) is 0 Å². The van der Waals surface area contributed by atoms with Crippen molar-refractivity contribution in [2.45, 2.75) is 0 Å². The molecule has 0 aromatic heterocycles. The van der Waals surface area contributed by atoms with Gasteiger partial charge >= 0.3 is 0 Å². The number of rotatable bonds is 1. The van der Waals surface area contributed by atoms with Crippen molar-refractivity contribution in [3.05, 3.63) is 33.8 Å². The van der Waals surface area contributed by atoms with Crippen molar-refractivity contribution in [3.63, 3.8) is 0 Å². The molecule has 0 aliphatic heterocycles. The van der Waals surface area contributed by atoms with E-state index in [1.807, 2.05) is 6.26 Å². The van der Waals surface area contributed by atoms with Crippen LogP contribution >= 0.6 is 35.0 Å². The highest BCUT2D eigenvalue weighted by atomic mass is 35.5. The molecule has 1 aromatic carbocycles. The Balaban J connectivity index is 3.10. The van der Waals surface area contributed by atoms with Gasteiger partial charge in [0, 0.05) is 5.56 Å². The molecule has 70 valence electrons. The van der Waals surface area contributed by atoms with Crippen molar-refractivity contribution in [2.75, 3.05) is 6.26 Å². The molecular formula is C8H7Cl2NOS. The van der Waals surface area contributed by atoms with Crippen molar-refractivity contribution in [1.82, 2.24) is 0 Å². The number of hydrogen-bond acceptors (Lipinski definition) is 3. The molecule has 1 N–H and O–H groups in total. The third-order valence-corrected chi connectivity index (χ3v) is 2.89. The van der Waals surface area contributed by atoms with E-state index in [1.54, 1.807) is 18.2 Å². The van der Waals surface area contributed by atoms with Crippen molar-refractivity contribution < 1.29 is 5.21 Å². The van der Waals surface area contributed by atoms with Crippen LogP contribution in [0.2, 0.25) is 10.0 Å². The maximum absolute atomic E-state index is 8.63. The van der Waals surface area contributed by atoms with Crippen LogP contribution in [0.15, 0.2) is 23.4 Å². The smallest absolute Gasteiger partial charge is 0.142 e. The molecule has 0 unspecified atom stereocenters. The van der Waals surface area contributed by atoms with Gasteiger partial charge in [0.15, 0.2) is 0 Å². The van der Waals surface area contributed by atoms with Gasteiger partial charge in [0.1, 0.15) is 5.04 Å². The molecule has 0 amide bonds. The van der Waals surface area contributed by atoms with Crippen LogP contribution < -0.4 is 0 Å². The highest BCUT2D eigenvalue weighted by Crippen LogP contribution is 2.24. The van der Waals surface area contributed by atoms with E-state index in [0.717, 1.165) is 5.56 Å². The second-order valence-electron chi connectivity index (χ2n) is 2.24. The van der Waals surface area contributed by atoms with Gasteiger partial charge in [0.25, 0.3) is 0 Å². The lowest BCUT2D eigenvalue weighted by Crippen LogP contribution is -1.94. The average molecular weight is 236 g/mol. The molecule has 0 aliphatic carbocycles. The molecule has 2 nitrogen and oxygen atoms in total. The Morgan fingerprint density at radius 2 is 2.08 bits per heavy atom. The van der Waals surface area contributed by atoms with Gasteiger partial charge in [0.05, 0.1) is 10.0 Å². The zero-order chi connectivity index (χ0) is 9.84. The molecule has 0 bridgehead atoms. The minimum absolute atomic E-state index is 0.453. The Morgan fingerprint density at radius 1 is 1.38 bits per heavy atom. The summed E-state index contributed by atoms with van der Waals surface area (Å²) in [5.41, 5.74) is 0.754. The zero-order valence-corrected chi connectivity index (χ0v) is 9.12. The molecule has 0 heterocycles. The standard InChI is InChI=1S/C8H7Cl2NOS/c1-13-8(11-12)5-2-3-6(9)7(10)4-5/h2-4,12H,1H3. The van der Waals surface area contributed by atoms with Gasteiger partial charge in [-0.25, -0.2) is 0 Å². The van der Waals surface area contributed by atoms with Gasteiger partial charge in [-0.2, -0.15) is 0 Å². The molecule has 0 fully saturated rings. The minimum atomic E-state index is 0.453. The van der Waals surface area contributed by atoms with Crippen LogP contribution in [0.4, 0.5) is 0 Å². The fraction of sp³-hybridized carbons (Fsp3) is 0.125. The van der Waals surface area contributed by atoms with E-state index in [9.17, 15) is 0 Å². The van der Waals surface area contributed by atoms with E-state index in [0.29, 0.717) is 15.1 Å². The van der Waals surface area contributed by atoms with Gasteiger partial charge in [0.2, 0.25) is 0 Å². The summed E-state index contributed by atoms with van der Waals surface area (Å²) in [7, 11) is 0. The zero-order valence-electron chi connectivity index (χ0n) is 6.79. The van der Waals surface area contributed by atoms with Gasteiger partial charge in [-0.1, -0.05) is 34.4 Å². The first-order valence-corrected chi connectivity index (χ1v) is 5.38. The fourth-order valence-corrected chi connectivity index (χ4v) is 1.59. The molecule has 0 aliphatic rings. The van der Waals surface area contributed by atoms with E-state index in [1.165, 1.54) is 11.8 Å². The van der Waals surface area contributed by atoms with E-state index in [2.05, 4.69) is 5.16 Å². The van der Waals surface area contributed by atoms with Crippen molar-refractivity contribution >= 4 is 40.0 Å². The van der Waals surface area contributed by atoms with Gasteiger partial charge < -0.3 is 5.21 Å². The minimum Gasteiger partial charge on any atom is -0.410 e. The lowest BCUT2D eigenvalue weighted by molar-refractivity contribution is 0.321. The van der Waals surface area contributed by atoms with Crippen LogP contribution in [0.1, 0.15) is 5.56 Å². The summed E-state index contributed by atoms with van der Waals surface area (Å²) in [6.07, 6.45) is 1.82. The topological polar surface area (TPSA) is 32.6 Å². The third kappa shape index (κ3) is 2.53. The molecule has 0 radical (unpaired) electrons. The molecule has 0 saturated carbocycles. The first-order chi connectivity index (χ1) is 6.19. The Bertz CT molecular complexity index is 341. The fourth-order valence-electron chi connectivity index (χ4n) is 0.846. The lowest BCUT2D eigenvalue weighted by Gasteiger charge is -2.02. The predicted octanol–water partition coefficient (Wildman–Crippen LogP) is 3.49. The molecule has 13 heavy (non-hydrogen) atoms. The molecule has 0 atom stereocenters. The molecular weight excluding hydrogens is 229 g/mol. The maximum Gasteiger partial charge on any atom is 0.142 e. The van der Waals surface area contributed by atoms with E-state index < -0.39 is 0 Å². The van der Waals surface area contributed by atoms with E-state index in [4.69, 9.17) is 28.4 Å². The lowest BCUT2D eigenvalue weighted by atomic mass is 10.2. The van der Waals surface area contributed by atoms with E-state index in [-0.39, 0.29) is 0 Å². The summed E-state index contributed by atoms with van der Waals surface area (Å²) in [4.78, 5) is 0. The van der Waals surface area contributed by atoms with Crippen molar-refractivity contribution in [3.8, 4) is 0 Å². The van der Waals surface area contributed by atoms with Crippen LogP contribution in [0.3, 0.4) is 0 Å². The number of oxime groups is 1. The molecule has 5 heteroatoms. The molecule has 1 rings (SSSR count). The summed E-state index contributed by atoms with van der Waals surface area (Å²) in [6.45, 7) is 0. The average Bonchev–Trinajstić information content (AvgIpc) is 2.13. The summed E-state index contributed by atoms with van der Waals surface area (Å²) in [5.74, 6) is 0. The second-order valence-corrected chi connectivity index (χ2v) is 3.85. The Morgan fingerprint density at radius 3 is 2.54 bits per heavy atom. The first kappa shape index (κ1) is 10.7. The Labute approximate surface area is 90.5 Å². The van der Waals surface area contributed by atoms with Crippen LogP contribution in [0, 0.1) is 0 Å². The van der Waals surface area contributed by atoms with E-state index >= 15 is 0 Å². The maximum atomic E-state index is 8.63. The predicted molar refractivity (Wildman–Crippen MR) is 58.3 cm³/mol. The van der Waals surface area contributed by atoms with Crippen LogP contribution in [-0.4, -0.2) is 16.5 Å². The van der Waals surface area contributed by atoms with Gasteiger partial charge in [-0.05, 0) is 18.4 Å². The van der Waals surface area contributed by atoms with Gasteiger partial charge in [-0.15, -0.1) is 11.8 Å².